The molecule has 4 fully saturated rings. The zero-order valence-electron chi connectivity index (χ0n) is 36.0. The van der Waals surface area contributed by atoms with Gasteiger partial charge in [-0.2, -0.15) is 54.0 Å². The van der Waals surface area contributed by atoms with Crippen molar-refractivity contribution in [2.24, 2.45) is 28.6 Å². The number of nitrogens with one attached hydrogen (secondary N) is 3. The maximum absolute atomic E-state index is 13.9. The van der Waals surface area contributed by atoms with Crippen LogP contribution in [0.5, 0.6) is 0 Å². The number of ether oxygens (including phenoxy) is 2. The molecule has 2 aliphatic carbocycles. The van der Waals surface area contributed by atoms with E-state index >= 15 is 0 Å². The maximum Gasteiger partial charge on any atom is 0.407 e. The molecule has 2 aliphatic heterocycles. The number of likely N-dealkylation sites (tertiary alicyclic amines) is 2. The molecule has 4 heterocycles. The molecule has 332 valence electrons. The van der Waals surface area contributed by atoms with Crippen LogP contribution in [0.3, 0.4) is 0 Å². The predicted octanol–water partition coefficient (Wildman–Crippen LogP) is 7.60. The Morgan fingerprint density at radius 3 is 2.00 bits per heavy atom. The zero-order valence-corrected chi connectivity index (χ0v) is 40.0. The fraction of sp³-hybridized carbons (Fsp3) is 0.533. The van der Waals surface area contributed by atoms with Crippen molar-refractivity contribution >= 4 is 82.9 Å². The minimum Gasteiger partial charge on any atom is -0.453 e. The van der Waals surface area contributed by atoms with Gasteiger partial charge in [-0.05, 0) is 97.1 Å². The van der Waals surface area contributed by atoms with Crippen LogP contribution in [0.25, 0.3) is 22.3 Å². The third-order valence-electron chi connectivity index (χ3n) is 13.2. The van der Waals surface area contributed by atoms with Gasteiger partial charge in [0.15, 0.2) is 0 Å². The first kappa shape index (κ1) is 49.9. The lowest BCUT2D eigenvalue weighted by molar-refractivity contribution is -0.139. The molecule has 61 heavy (non-hydrogen) atoms. The highest BCUT2D eigenvalue weighted by Gasteiger charge is 2.56. The molecule has 5 atom stereocenters. The van der Waals surface area contributed by atoms with Crippen molar-refractivity contribution in [3.63, 3.8) is 0 Å². The number of fused-ring (bicyclic) bond motifs is 1. The number of amides is 3. The van der Waals surface area contributed by atoms with Crippen molar-refractivity contribution in [3.8, 4) is 23.1 Å². The summed E-state index contributed by atoms with van der Waals surface area (Å²) in [5, 5.41) is 2.74. The van der Waals surface area contributed by atoms with E-state index in [2.05, 4.69) is 38.9 Å². The monoisotopic (exact) mass is 909 g/mol. The molecule has 16 heteroatoms. The maximum atomic E-state index is 13.9. The Morgan fingerprint density at radius 1 is 0.836 bits per heavy atom. The average Bonchev–Trinajstić information content (AvgIpc) is 3.83. The van der Waals surface area contributed by atoms with Crippen molar-refractivity contribution in [2.75, 3.05) is 33.9 Å². The van der Waals surface area contributed by atoms with E-state index in [4.69, 9.17) is 19.4 Å². The Morgan fingerprint density at radius 2 is 1.43 bits per heavy atom. The minimum atomic E-state index is -0.681. The lowest BCUT2D eigenvalue weighted by atomic mass is 9.91. The van der Waals surface area contributed by atoms with Gasteiger partial charge < -0.3 is 34.6 Å². The van der Waals surface area contributed by atoms with Crippen LogP contribution in [-0.2, 0) is 19.1 Å². The molecule has 12 nitrogen and oxygen atoms in total. The van der Waals surface area contributed by atoms with E-state index in [-0.39, 0.29) is 106 Å². The van der Waals surface area contributed by atoms with Crippen LogP contribution < -0.4 is 5.32 Å². The van der Waals surface area contributed by atoms with Gasteiger partial charge in [-0.25, -0.2) is 14.8 Å². The van der Waals surface area contributed by atoms with Gasteiger partial charge in [0.2, 0.25) is 11.8 Å². The Hall–Kier alpha value is -3.75. The van der Waals surface area contributed by atoms with Crippen LogP contribution in [0.4, 0.5) is 4.79 Å². The topological polar surface area (TPSA) is 146 Å². The molecule has 2 saturated carbocycles. The van der Waals surface area contributed by atoms with Gasteiger partial charge in [-0.1, -0.05) is 58.1 Å². The summed E-state index contributed by atoms with van der Waals surface area (Å²) in [6.07, 6.45) is 8.43. The lowest BCUT2D eigenvalue weighted by Gasteiger charge is -2.30. The van der Waals surface area contributed by atoms with Crippen LogP contribution in [-0.4, -0.2) is 87.6 Å². The number of methoxy groups -OCH3 is 2. The fourth-order valence-electron chi connectivity index (χ4n) is 9.11. The van der Waals surface area contributed by atoms with Gasteiger partial charge in [0.1, 0.15) is 17.7 Å². The van der Waals surface area contributed by atoms with E-state index < -0.39 is 12.1 Å². The first-order valence-electron chi connectivity index (χ1n) is 20.6. The van der Waals surface area contributed by atoms with Crippen molar-refractivity contribution in [2.45, 2.75) is 90.8 Å². The highest BCUT2D eigenvalue weighted by atomic mass is 32.1. The number of H-pyrrole nitrogens is 2. The second-order valence-electron chi connectivity index (χ2n) is 17.5. The van der Waals surface area contributed by atoms with Crippen molar-refractivity contribution in [1.29, 1.82) is 0 Å². The molecule has 2 aromatic heterocycles. The number of aromatic amines is 2. The molecule has 8 rings (SSSR count). The third-order valence-corrected chi connectivity index (χ3v) is 13.2. The van der Waals surface area contributed by atoms with Crippen LogP contribution >= 0.6 is 54.0 Å². The Labute approximate surface area is 387 Å². The fourth-order valence-corrected chi connectivity index (χ4v) is 9.11. The second kappa shape index (κ2) is 20.2. The highest BCUT2D eigenvalue weighted by molar-refractivity contribution is 7.59. The number of aromatic nitrogens is 4. The van der Waals surface area contributed by atoms with E-state index in [1.165, 1.54) is 20.0 Å². The molecule has 2 spiro atoms. The average molecular weight is 910 g/mol. The molecule has 0 bridgehead atoms. The number of benzene rings is 2. The smallest absolute Gasteiger partial charge is 0.407 e. The number of alkyl carbamates (subject to hydrolysis) is 1. The first-order chi connectivity index (χ1) is 27.4. The highest BCUT2D eigenvalue weighted by Crippen LogP contribution is 2.59. The molecule has 3 N–H and O–H groups in total. The van der Waals surface area contributed by atoms with Crippen LogP contribution in [0.1, 0.15) is 108 Å². The van der Waals surface area contributed by atoms with Crippen molar-refractivity contribution in [1.82, 2.24) is 35.1 Å². The van der Waals surface area contributed by atoms with Crippen LogP contribution in [0.15, 0.2) is 48.7 Å². The number of carbonyl (C=O) groups excluding carboxylic acids is 3. The molecule has 0 radical (unpaired) electrons. The van der Waals surface area contributed by atoms with E-state index in [0.29, 0.717) is 13.2 Å². The molecular weight excluding hydrogens is 847 g/mol. The summed E-state index contributed by atoms with van der Waals surface area (Å²) < 4.78 is 10.3. The van der Waals surface area contributed by atoms with Crippen LogP contribution in [0, 0.1) is 40.4 Å². The summed E-state index contributed by atoms with van der Waals surface area (Å²) in [6, 6.07) is 13.2. The van der Waals surface area contributed by atoms with Gasteiger partial charge in [-0.15, -0.1) is 0 Å². The minimum absolute atomic E-state index is 0. The molecule has 2 aromatic carbocycles. The molecular formula is C45H63N7O5S4. The Bertz CT molecular complexity index is 2230. The molecule has 4 aliphatic rings. The summed E-state index contributed by atoms with van der Waals surface area (Å²) in [4.78, 5) is 60.6. The SMILES string of the molecule is CCC(COC)[C@H](C)C(=O)N1CC2(CC2)C[C@H]1c1nc2ccc(C#Cc3ccc(-c4cnc([C@@H]5CC6(CC6)CN5C(=O)[C@@H](NC(=O)OC)C(C)C)[nH]4)cc3)cc2[nH]1.S.S.S.S. The van der Waals surface area contributed by atoms with E-state index in [1.807, 2.05) is 74.3 Å². The number of imidazole rings is 2. The Kier molecular flexibility index (Phi) is 16.5. The summed E-state index contributed by atoms with van der Waals surface area (Å²) in [5.41, 5.74) is 5.75. The summed E-state index contributed by atoms with van der Waals surface area (Å²) in [7, 11) is 3.01. The number of rotatable bonds is 11. The second-order valence-corrected chi connectivity index (χ2v) is 17.5. The largest absolute Gasteiger partial charge is 0.453 e. The summed E-state index contributed by atoms with van der Waals surface area (Å²) in [6.45, 7) is 10.1. The number of hydrogen-bond acceptors (Lipinski definition) is 7. The molecule has 1 unspecified atom stereocenters. The summed E-state index contributed by atoms with van der Waals surface area (Å²) >= 11 is 0. The van der Waals surface area contributed by atoms with Crippen molar-refractivity contribution < 1.29 is 23.9 Å². The van der Waals surface area contributed by atoms with Gasteiger partial charge >= 0.3 is 6.09 Å². The summed E-state index contributed by atoms with van der Waals surface area (Å²) in [5.74, 6) is 8.31. The van der Waals surface area contributed by atoms with Gasteiger partial charge in [-0.3, -0.25) is 9.59 Å². The zero-order chi connectivity index (χ0) is 40.1. The standard InChI is InChI=1S/C45H55N7O5.4H2S/c1-7-31(24-56-5)28(4)41(53)51-25-45(18-19-45)22-37(51)40-47-33-15-12-30(20-34(33)48-40)9-8-29-10-13-32(14-11-29)35-23-46-39(49-35)36-21-44(16-17-44)26-52(36)42(54)38(27(2)3)50-43(55)57-6;;;;/h10-15,20,23,27-28,31,36-38H,7,16-19,21-22,24-26H2,1-6H3,(H,46,49)(H,47,48)(H,50,55);4*1H2/t28-,31?,36-,37-,38-;;;;/m0..../s1. The first-order valence-corrected chi connectivity index (χ1v) is 20.6. The van der Waals surface area contributed by atoms with Gasteiger partial charge in [0.05, 0.1) is 42.1 Å². The van der Waals surface area contributed by atoms with E-state index in [1.54, 1.807) is 7.11 Å². The quantitative estimate of drug-likeness (QED) is 0.132. The van der Waals surface area contributed by atoms with Crippen molar-refractivity contribution in [3.05, 3.63) is 71.4 Å². The predicted molar refractivity (Wildman–Crippen MR) is 258 cm³/mol. The Balaban J connectivity index is 0.00000205. The molecule has 3 amide bonds. The number of nitrogens with zero attached hydrogens (tertiary/aromatic N) is 4. The lowest BCUT2D eigenvalue weighted by Crippen LogP contribution is -2.51. The molecule has 2 saturated heterocycles. The molecule has 4 aromatic rings. The number of hydrogen-bond donors (Lipinski definition) is 3. The van der Waals surface area contributed by atoms with E-state index in [0.717, 1.165) is 83.7 Å². The van der Waals surface area contributed by atoms with E-state index in [9.17, 15) is 14.4 Å². The van der Waals surface area contributed by atoms with Gasteiger partial charge in [0, 0.05) is 43.9 Å². The number of carbonyl (C=O) groups is 3. The van der Waals surface area contributed by atoms with Gasteiger partial charge in [0.25, 0.3) is 0 Å². The third kappa shape index (κ3) is 10.4. The van der Waals surface area contributed by atoms with Crippen LogP contribution in [0.2, 0.25) is 0 Å². The normalized spacial score (nSPS) is 20.3.